The summed E-state index contributed by atoms with van der Waals surface area (Å²) in [5.41, 5.74) is 2.28. The molecule has 0 saturated carbocycles. The maximum Gasteiger partial charge on any atom is 0.342 e. The molecule has 6 nitrogen and oxygen atoms in total. The second-order valence-electron chi connectivity index (χ2n) is 6.16. The Hall–Kier alpha value is -3.80. The Morgan fingerprint density at radius 2 is 1.59 bits per heavy atom. The fourth-order valence-corrected chi connectivity index (χ4v) is 2.68. The van der Waals surface area contributed by atoms with E-state index in [-0.39, 0.29) is 18.1 Å². The van der Waals surface area contributed by atoms with Crippen LogP contribution in [0.3, 0.4) is 0 Å². The fraction of sp³-hybridized carbons (Fsp3) is 0.130. The van der Waals surface area contributed by atoms with Gasteiger partial charge in [0, 0.05) is 11.3 Å². The Balaban J connectivity index is 1.62. The van der Waals surface area contributed by atoms with Gasteiger partial charge in [0.05, 0.1) is 14.2 Å². The number of methoxy groups -OCH3 is 2. The molecule has 3 rings (SSSR count). The number of carbonyl (C=O) groups is 2. The van der Waals surface area contributed by atoms with E-state index >= 15 is 0 Å². The molecule has 0 aromatic heterocycles. The molecule has 1 amide bonds. The lowest BCUT2D eigenvalue weighted by Crippen LogP contribution is -2.12. The van der Waals surface area contributed by atoms with Gasteiger partial charge in [-0.3, -0.25) is 4.79 Å². The predicted molar refractivity (Wildman–Crippen MR) is 110 cm³/mol. The number of nitrogens with one attached hydrogen (secondary N) is 1. The molecule has 0 spiro atoms. The van der Waals surface area contributed by atoms with E-state index in [9.17, 15) is 9.59 Å². The van der Waals surface area contributed by atoms with Gasteiger partial charge >= 0.3 is 5.97 Å². The average molecular weight is 391 g/mol. The number of amides is 1. The summed E-state index contributed by atoms with van der Waals surface area (Å²) >= 11 is 0. The third-order valence-electron chi connectivity index (χ3n) is 4.24. The van der Waals surface area contributed by atoms with E-state index in [2.05, 4.69) is 5.32 Å². The smallest absolute Gasteiger partial charge is 0.342 e. The molecular formula is C23H21NO5. The van der Waals surface area contributed by atoms with Crippen molar-refractivity contribution < 1.29 is 23.8 Å². The highest BCUT2D eigenvalue weighted by atomic mass is 16.5. The molecule has 0 radical (unpaired) electrons. The maximum absolute atomic E-state index is 12.4. The summed E-state index contributed by atoms with van der Waals surface area (Å²) in [7, 11) is 3.00. The second kappa shape index (κ2) is 9.41. The van der Waals surface area contributed by atoms with Gasteiger partial charge in [-0.05, 0) is 48.0 Å². The molecule has 29 heavy (non-hydrogen) atoms. The molecule has 3 aromatic carbocycles. The Labute approximate surface area is 169 Å². The average Bonchev–Trinajstić information content (AvgIpc) is 2.78. The number of carbonyl (C=O) groups excluding carboxylic acids is 2. The molecule has 0 aliphatic rings. The van der Waals surface area contributed by atoms with Crippen molar-refractivity contribution in [1.29, 1.82) is 0 Å². The van der Waals surface area contributed by atoms with E-state index in [0.29, 0.717) is 17.1 Å². The van der Waals surface area contributed by atoms with Crippen LogP contribution in [0.5, 0.6) is 11.5 Å². The molecule has 6 heteroatoms. The third kappa shape index (κ3) is 5.13. The first kappa shape index (κ1) is 19.9. The van der Waals surface area contributed by atoms with E-state index in [0.717, 1.165) is 11.3 Å². The van der Waals surface area contributed by atoms with Crippen LogP contribution in [0, 0.1) is 0 Å². The monoisotopic (exact) mass is 391 g/mol. The lowest BCUT2D eigenvalue weighted by Gasteiger charge is -2.11. The standard InChI is InChI=1S/C23H21NO5/c1-27-19-12-13-21(28-2)20(14-19)23(26)29-15-16-8-10-17(11-9-16)22(25)24-18-6-4-3-5-7-18/h3-14H,15H2,1-2H3,(H,24,25). The van der Waals surface area contributed by atoms with Crippen LogP contribution in [0.1, 0.15) is 26.3 Å². The van der Waals surface area contributed by atoms with Crippen molar-refractivity contribution in [2.45, 2.75) is 6.61 Å². The van der Waals surface area contributed by atoms with E-state index in [4.69, 9.17) is 14.2 Å². The molecule has 0 atom stereocenters. The highest BCUT2D eigenvalue weighted by Gasteiger charge is 2.15. The van der Waals surface area contributed by atoms with E-state index in [1.807, 2.05) is 30.3 Å². The van der Waals surface area contributed by atoms with Gasteiger partial charge in [-0.15, -0.1) is 0 Å². The van der Waals surface area contributed by atoms with Crippen LogP contribution in [-0.4, -0.2) is 26.1 Å². The van der Waals surface area contributed by atoms with Gasteiger partial charge in [-0.25, -0.2) is 4.79 Å². The van der Waals surface area contributed by atoms with Gasteiger partial charge in [0.15, 0.2) is 0 Å². The van der Waals surface area contributed by atoms with Gasteiger partial charge in [-0.1, -0.05) is 30.3 Å². The number of hydrogen-bond donors (Lipinski definition) is 1. The zero-order chi connectivity index (χ0) is 20.6. The number of rotatable bonds is 7. The predicted octanol–water partition coefficient (Wildman–Crippen LogP) is 4.31. The topological polar surface area (TPSA) is 73.9 Å². The molecule has 0 aliphatic heterocycles. The zero-order valence-corrected chi connectivity index (χ0v) is 16.2. The van der Waals surface area contributed by atoms with Crippen LogP contribution in [0.2, 0.25) is 0 Å². The van der Waals surface area contributed by atoms with E-state index in [1.54, 1.807) is 42.5 Å². The number of para-hydroxylation sites is 1. The van der Waals surface area contributed by atoms with Crippen LogP contribution in [0.4, 0.5) is 5.69 Å². The van der Waals surface area contributed by atoms with Gasteiger partial charge in [0.1, 0.15) is 23.7 Å². The highest BCUT2D eigenvalue weighted by molar-refractivity contribution is 6.04. The normalized spacial score (nSPS) is 10.1. The van der Waals surface area contributed by atoms with Gasteiger partial charge in [0.2, 0.25) is 0 Å². The molecular weight excluding hydrogens is 370 g/mol. The summed E-state index contributed by atoms with van der Waals surface area (Å²) in [5.74, 6) is 0.211. The first-order chi connectivity index (χ1) is 14.1. The summed E-state index contributed by atoms with van der Waals surface area (Å²) in [6, 6.07) is 21.0. The van der Waals surface area contributed by atoms with Gasteiger partial charge in [-0.2, -0.15) is 0 Å². The largest absolute Gasteiger partial charge is 0.497 e. The minimum atomic E-state index is -0.522. The van der Waals surface area contributed by atoms with Crippen molar-refractivity contribution in [3.63, 3.8) is 0 Å². The van der Waals surface area contributed by atoms with Gasteiger partial charge in [0.25, 0.3) is 5.91 Å². The lowest BCUT2D eigenvalue weighted by atomic mass is 10.1. The summed E-state index contributed by atoms with van der Waals surface area (Å²) in [4.78, 5) is 24.7. The number of esters is 1. The molecule has 0 bridgehead atoms. The first-order valence-electron chi connectivity index (χ1n) is 8.95. The Kier molecular flexibility index (Phi) is 6.47. The van der Waals surface area contributed by atoms with Crippen molar-refractivity contribution in [3.05, 3.63) is 89.5 Å². The molecule has 0 unspecified atom stereocenters. The quantitative estimate of drug-likeness (QED) is 0.608. The third-order valence-corrected chi connectivity index (χ3v) is 4.24. The fourth-order valence-electron chi connectivity index (χ4n) is 2.68. The van der Waals surface area contributed by atoms with Crippen molar-refractivity contribution >= 4 is 17.6 Å². The van der Waals surface area contributed by atoms with Crippen molar-refractivity contribution in [3.8, 4) is 11.5 Å². The molecule has 0 saturated heterocycles. The van der Waals surface area contributed by atoms with Gasteiger partial charge < -0.3 is 19.5 Å². The Bertz CT molecular complexity index is 984. The van der Waals surface area contributed by atoms with E-state index in [1.165, 1.54) is 14.2 Å². The SMILES string of the molecule is COc1ccc(OC)c(C(=O)OCc2ccc(C(=O)Nc3ccccc3)cc2)c1. The summed E-state index contributed by atoms with van der Waals surface area (Å²) < 4.78 is 15.7. The Morgan fingerprint density at radius 3 is 2.24 bits per heavy atom. The van der Waals surface area contributed by atoms with Crippen LogP contribution in [-0.2, 0) is 11.3 Å². The Morgan fingerprint density at radius 1 is 0.862 bits per heavy atom. The molecule has 0 fully saturated rings. The summed E-state index contributed by atoms with van der Waals surface area (Å²) in [5, 5.41) is 2.82. The van der Waals surface area contributed by atoms with Crippen molar-refractivity contribution in [2.75, 3.05) is 19.5 Å². The minimum Gasteiger partial charge on any atom is -0.497 e. The minimum absolute atomic E-state index is 0.0692. The van der Waals surface area contributed by atoms with Crippen molar-refractivity contribution in [2.24, 2.45) is 0 Å². The number of benzene rings is 3. The summed E-state index contributed by atoms with van der Waals surface area (Å²) in [6.07, 6.45) is 0. The number of ether oxygens (including phenoxy) is 3. The summed E-state index contributed by atoms with van der Waals surface area (Å²) in [6.45, 7) is 0.0692. The van der Waals surface area contributed by atoms with Crippen LogP contribution >= 0.6 is 0 Å². The highest BCUT2D eigenvalue weighted by Crippen LogP contribution is 2.25. The first-order valence-corrected chi connectivity index (χ1v) is 8.95. The van der Waals surface area contributed by atoms with Crippen LogP contribution in [0.15, 0.2) is 72.8 Å². The second-order valence-corrected chi connectivity index (χ2v) is 6.16. The van der Waals surface area contributed by atoms with Crippen LogP contribution < -0.4 is 14.8 Å². The number of hydrogen-bond acceptors (Lipinski definition) is 5. The molecule has 148 valence electrons. The molecule has 3 aromatic rings. The molecule has 0 aliphatic carbocycles. The molecule has 1 N–H and O–H groups in total. The number of anilines is 1. The lowest BCUT2D eigenvalue weighted by molar-refractivity contribution is 0.0468. The maximum atomic E-state index is 12.4. The zero-order valence-electron chi connectivity index (χ0n) is 16.2. The van der Waals surface area contributed by atoms with Crippen molar-refractivity contribution in [1.82, 2.24) is 0 Å². The molecule has 0 heterocycles. The van der Waals surface area contributed by atoms with E-state index < -0.39 is 5.97 Å². The van der Waals surface area contributed by atoms with Crippen LogP contribution in [0.25, 0.3) is 0 Å².